The number of carbonyl (C=O) groups excluding carboxylic acids is 2. The SMILES string of the molecule is COC(=O)C1(C(C)=O)CCC/C1=C\c1ccccc1. The maximum atomic E-state index is 12.1. The van der Waals surface area contributed by atoms with E-state index in [4.69, 9.17) is 4.74 Å². The Morgan fingerprint density at radius 2 is 1.95 bits per heavy atom. The largest absolute Gasteiger partial charge is 0.468 e. The zero-order chi connectivity index (χ0) is 13.9. The average Bonchev–Trinajstić information content (AvgIpc) is 2.83. The number of methoxy groups -OCH3 is 1. The third kappa shape index (κ3) is 2.33. The second-order valence-electron chi connectivity index (χ2n) is 4.89. The first-order valence-electron chi connectivity index (χ1n) is 6.47. The molecule has 0 heterocycles. The van der Waals surface area contributed by atoms with Gasteiger partial charge in [0.1, 0.15) is 5.41 Å². The van der Waals surface area contributed by atoms with Crippen LogP contribution in [-0.2, 0) is 14.3 Å². The van der Waals surface area contributed by atoms with Gasteiger partial charge in [0.2, 0.25) is 0 Å². The summed E-state index contributed by atoms with van der Waals surface area (Å²) in [6.45, 7) is 1.47. The molecule has 0 aromatic heterocycles. The van der Waals surface area contributed by atoms with E-state index in [9.17, 15) is 9.59 Å². The highest BCUT2D eigenvalue weighted by Crippen LogP contribution is 2.45. The second-order valence-corrected chi connectivity index (χ2v) is 4.89. The lowest BCUT2D eigenvalue weighted by Gasteiger charge is -2.25. The van der Waals surface area contributed by atoms with E-state index in [0.29, 0.717) is 6.42 Å². The Balaban J connectivity index is 2.46. The fourth-order valence-corrected chi connectivity index (χ4v) is 2.82. The fraction of sp³-hybridized carbons (Fsp3) is 0.375. The third-order valence-electron chi connectivity index (χ3n) is 3.82. The number of ketones is 1. The number of carbonyl (C=O) groups is 2. The van der Waals surface area contributed by atoms with Crippen molar-refractivity contribution in [2.75, 3.05) is 7.11 Å². The topological polar surface area (TPSA) is 43.4 Å². The minimum atomic E-state index is -1.06. The Bertz CT molecular complexity index is 516. The van der Waals surface area contributed by atoms with E-state index in [1.807, 2.05) is 36.4 Å². The summed E-state index contributed by atoms with van der Waals surface area (Å²) in [5.74, 6) is -0.557. The summed E-state index contributed by atoms with van der Waals surface area (Å²) in [5.41, 5.74) is 0.817. The summed E-state index contributed by atoms with van der Waals surface area (Å²) < 4.78 is 4.87. The number of hydrogen-bond donors (Lipinski definition) is 0. The van der Waals surface area contributed by atoms with Crippen LogP contribution in [-0.4, -0.2) is 18.9 Å². The van der Waals surface area contributed by atoms with Crippen molar-refractivity contribution in [3.63, 3.8) is 0 Å². The van der Waals surface area contributed by atoms with E-state index in [-0.39, 0.29) is 5.78 Å². The highest BCUT2D eigenvalue weighted by atomic mass is 16.5. The number of hydrogen-bond acceptors (Lipinski definition) is 3. The van der Waals surface area contributed by atoms with Crippen molar-refractivity contribution in [3.05, 3.63) is 41.5 Å². The van der Waals surface area contributed by atoms with E-state index in [2.05, 4.69) is 0 Å². The fourth-order valence-electron chi connectivity index (χ4n) is 2.82. The van der Waals surface area contributed by atoms with Gasteiger partial charge >= 0.3 is 5.97 Å². The summed E-state index contributed by atoms with van der Waals surface area (Å²) in [5, 5.41) is 0. The lowest BCUT2D eigenvalue weighted by atomic mass is 9.78. The number of ether oxygens (including phenoxy) is 1. The summed E-state index contributed by atoms with van der Waals surface area (Å²) in [6.07, 6.45) is 4.11. The molecule has 0 amide bonds. The van der Waals surface area contributed by atoms with Crippen molar-refractivity contribution in [1.82, 2.24) is 0 Å². The molecule has 1 saturated carbocycles. The van der Waals surface area contributed by atoms with Crippen LogP contribution in [0.3, 0.4) is 0 Å². The predicted octanol–water partition coefficient (Wildman–Crippen LogP) is 3.00. The number of benzene rings is 1. The molecule has 0 N–H and O–H groups in total. The van der Waals surface area contributed by atoms with Gasteiger partial charge in [-0.2, -0.15) is 0 Å². The van der Waals surface area contributed by atoms with Gasteiger partial charge in [-0.1, -0.05) is 36.4 Å². The smallest absolute Gasteiger partial charge is 0.323 e. The van der Waals surface area contributed by atoms with E-state index in [0.717, 1.165) is 24.0 Å². The van der Waals surface area contributed by atoms with Crippen molar-refractivity contribution in [2.45, 2.75) is 26.2 Å². The monoisotopic (exact) mass is 258 g/mol. The minimum Gasteiger partial charge on any atom is -0.468 e. The van der Waals surface area contributed by atoms with Gasteiger partial charge in [-0.15, -0.1) is 0 Å². The van der Waals surface area contributed by atoms with Gasteiger partial charge < -0.3 is 4.74 Å². The quantitative estimate of drug-likeness (QED) is 0.618. The minimum absolute atomic E-state index is 0.126. The van der Waals surface area contributed by atoms with Crippen molar-refractivity contribution in [1.29, 1.82) is 0 Å². The van der Waals surface area contributed by atoms with Crippen LogP contribution in [0.2, 0.25) is 0 Å². The van der Waals surface area contributed by atoms with Crippen molar-refractivity contribution < 1.29 is 14.3 Å². The lowest BCUT2D eigenvalue weighted by molar-refractivity contribution is -0.154. The van der Waals surface area contributed by atoms with E-state index < -0.39 is 11.4 Å². The summed E-state index contributed by atoms with van der Waals surface area (Å²) in [6, 6.07) is 9.75. The van der Waals surface area contributed by atoms with Gasteiger partial charge in [-0.05, 0) is 37.3 Å². The van der Waals surface area contributed by atoms with E-state index >= 15 is 0 Å². The Hall–Kier alpha value is -1.90. The molecular formula is C16H18O3. The van der Waals surface area contributed by atoms with E-state index in [1.165, 1.54) is 14.0 Å². The molecule has 1 aliphatic rings. The molecule has 0 radical (unpaired) electrons. The van der Waals surface area contributed by atoms with Crippen molar-refractivity contribution in [2.24, 2.45) is 5.41 Å². The van der Waals surface area contributed by atoms with E-state index in [1.54, 1.807) is 0 Å². The molecular weight excluding hydrogens is 240 g/mol. The van der Waals surface area contributed by atoms with Crippen LogP contribution in [0.15, 0.2) is 35.9 Å². The second kappa shape index (κ2) is 5.39. The Labute approximate surface area is 113 Å². The third-order valence-corrected chi connectivity index (χ3v) is 3.82. The number of Topliss-reactive ketones (excluding diaryl/α,β-unsaturated/α-hetero) is 1. The standard InChI is InChI=1S/C16H18O3/c1-12(17)16(15(18)19-2)10-6-9-14(16)11-13-7-4-3-5-8-13/h3-5,7-8,11H,6,9-10H2,1-2H3/b14-11+. The maximum Gasteiger partial charge on any atom is 0.323 e. The van der Waals surface area contributed by atoms with Crippen LogP contribution in [0.1, 0.15) is 31.7 Å². The lowest BCUT2D eigenvalue weighted by Crippen LogP contribution is -2.37. The molecule has 1 aromatic rings. The highest BCUT2D eigenvalue weighted by molar-refractivity contribution is 6.07. The molecule has 2 rings (SSSR count). The molecule has 1 atom stereocenters. The van der Waals surface area contributed by atoms with Crippen LogP contribution in [0.4, 0.5) is 0 Å². The van der Waals surface area contributed by atoms with Crippen LogP contribution >= 0.6 is 0 Å². The van der Waals surface area contributed by atoms with Crippen LogP contribution in [0, 0.1) is 5.41 Å². The summed E-state index contributed by atoms with van der Waals surface area (Å²) >= 11 is 0. The number of rotatable bonds is 3. The van der Waals surface area contributed by atoms with Crippen molar-refractivity contribution >= 4 is 17.8 Å². The summed E-state index contributed by atoms with van der Waals surface area (Å²) in [4.78, 5) is 24.1. The molecule has 0 saturated heterocycles. The van der Waals surface area contributed by atoms with Crippen LogP contribution in [0.25, 0.3) is 6.08 Å². The zero-order valence-electron chi connectivity index (χ0n) is 11.3. The molecule has 3 heteroatoms. The molecule has 3 nitrogen and oxygen atoms in total. The molecule has 0 spiro atoms. The first kappa shape index (κ1) is 13.5. The zero-order valence-corrected chi connectivity index (χ0v) is 11.3. The van der Waals surface area contributed by atoms with Gasteiger partial charge in [-0.25, -0.2) is 0 Å². The van der Waals surface area contributed by atoms with Crippen LogP contribution in [0.5, 0.6) is 0 Å². The molecule has 0 aliphatic heterocycles. The molecule has 1 aliphatic carbocycles. The van der Waals surface area contributed by atoms with Gasteiger partial charge in [0.25, 0.3) is 0 Å². The maximum absolute atomic E-state index is 12.1. The van der Waals surface area contributed by atoms with Gasteiger partial charge in [0, 0.05) is 0 Å². The average molecular weight is 258 g/mol. The Morgan fingerprint density at radius 3 is 2.53 bits per heavy atom. The number of esters is 1. The van der Waals surface area contributed by atoms with Gasteiger partial charge in [0.15, 0.2) is 5.78 Å². The van der Waals surface area contributed by atoms with Gasteiger partial charge in [-0.3, -0.25) is 9.59 Å². The van der Waals surface area contributed by atoms with Gasteiger partial charge in [0.05, 0.1) is 7.11 Å². The predicted molar refractivity (Wildman–Crippen MR) is 73.4 cm³/mol. The normalized spacial score (nSPS) is 24.4. The molecule has 100 valence electrons. The first-order chi connectivity index (χ1) is 9.11. The highest BCUT2D eigenvalue weighted by Gasteiger charge is 2.50. The molecule has 1 aromatic carbocycles. The summed E-state index contributed by atoms with van der Waals surface area (Å²) in [7, 11) is 1.34. The molecule has 19 heavy (non-hydrogen) atoms. The van der Waals surface area contributed by atoms with Crippen molar-refractivity contribution in [3.8, 4) is 0 Å². The Kier molecular flexibility index (Phi) is 3.84. The van der Waals surface area contributed by atoms with Crippen LogP contribution < -0.4 is 0 Å². The molecule has 1 fully saturated rings. The Morgan fingerprint density at radius 1 is 1.26 bits per heavy atom. The molecule has 1 unspecified atom stereocenters. The molecule has 0 bridgehead atoms. The first-order valence-corrected chi connectivity index (χ1v) is 6.47.